The lowest BCUT2D eigenvalue weighted by Gasteiger charge is -2.14. The quantitative estimate of drug-likeness (QED) is 0.526. The molecule has 0 bridgehead atoms. The molecule has 1 heterocycles. The number of hydrogen-bond donors (Lipinski definition) is 1. The zero-order valence-electron chi connectivity index (χ0n) is 10.7. The lowest BCUT2D eigenvalue weighted by Crippen LogP contribution is -2.01. The second-order valence-electron chi connectivity index (χ2n) is 4.35. The van der Waals surface area contributed by atoms with E-state index < -0.39 is 0 Å². The molecule has 2 atom stereocenters. The van der Waals surface area contributed by atoms with Crippen LogP contribution in [0.1, 0.15) is 44.2 Å². The average Bonchev–Trinajstić information content (AvgIpc) is 2.86. The monoisotopic (exact) mass is 230 g/mol. The summed E-state index contributed by atoms with van der Waals surface area (Å²) in [6, 6.07) is 0. The minimum Gasteiger partial charge on any atom is -0.348 e. The molecule has 17 heavy (non-hydrogen) atoms. The van der Waals surface area contributed by atoms with Crippen molar-refractivity contribution in [2.24, 2.45) is 5.92 Å². The van der Waals surface area contributed by atoms with Crippen LogP contribution in [-0.4, -0.2) is 9.97 Å². The predicted molar refractivity (Wildman–Crippen MR) is 72.9 cm³/mol. The van der Waals surface area contributed by atoms with Gasteiger partial charge in [0, 0.05) is 17.8 Å². The highest BCUT2D eigenvalue weighted by molar-refractivity contribution is 5.11. The van der Waals surface area contributed by atoms with Crippen LogP contribution < -0.4 is 0 Å². The molecule has 1 rings (SSSR count). The third-order valence-corrected chi connectivity index (χ3v) is 3.08. The lowest BCUT2D eigenvalue weighted by atomic mass is 9.91. The molecule has 2 nitrogen and oxygen atoms in total. The highest BCUT2D eigenvalue weighted by Gasteiger charge is 2.12. The van der Waals surface area contributed by atoms with Gasteiger partial charge in [-0.05, 0) is 31.3 Å². The summed E-state index contributed by atoms with van der Waals surface area (Å²) in [5, 5.41) is 0. The molecule has 0 aliphatic rings. The van der Waals surface area contributed by atoms with Gasteiger partial charge < -0.3 is 4.98 Å². The second-order valence-corrected chi connectivity index (χ2v) is 4.35. The summed E-state index contributed by atoms with van der Waals surface area (Å²) in [5.74, 6) is 0.956. The van der Waals surface area contributed by atoms with E-state index in [1.807, 2.05) is 12.3 Å². The van der Waals surface area contributed by atoms with Crippen LogP contribution in [0.2, 0.25) is 0 Å². The van der Waals surface area contributed by atoms with Gasteiger partial charge in [-0.25, -0.2) is 4.98 Å². The third-order valence-electron chi connectivity index (χ3n) is 3.08. The highest BCUT2D eigenvalue weighted by Crippen LogP contribution is 2.25. The summed E-state index contributed by atoms with van der Waals surface area (Å²) in [6.07, 6.45) is 12.3. The second kappa shape index (κ2) is 7.70. The number of aromatic amines is 1. The zero-order chi connectivity index (χ0) is 12.5. The number of rotatable bonds is 8. The van der Waals surface area contributed by atoms with Crippen LogP contribution in [0.5, 0.6) is 0 Å². The van der Waals surface area contributed by atoms with E-state index in [9.17, 15) is 0 Å². The first-order valence-corrected chi connectivity index (χ1v) is 6.28. The predicted octanol–water partition coefficient (Wildman–Crippen LogP) is 4.22. The summed E-state index contributed by atoms with van der Waals surface area (Å²) < 4.78 is 0. The number of H-pyrrole nitrogens is 1. The molecular formula is C15H22N2. The Morgan fingerprint density at radius 1 is 1.47 bits per heavy atom. The van der Waals surface area contributed by atoms with Crippen molar-refractivity contribution in [3.05, 3.63) is 49.3 Å². The SMILES string of the molecule is C=C=CC(CCC(C=C)CCC)c1cnc[nH]1. The van der Waals surface area contributed by atoms with Gasteiger partial charge in [0.2, 0.25) is 0 Å². The summed E-state index contributed by atoms with van der Waals surface area (Å²) in [5.41, 5.74) is 4.02. The van der Waals surface area contributed by atoms with Crippen LogP contribution in [0.25, 0.3) is 0 Å². The van der Waals surface area contributed by atoms with E-state index in [1.54, 1.807) is 6.33 Å². The maximum Gasteiger partial charge on any atom is 0.0921 e. The Morgan fingerprint density at radius 2 is 2.29 bits per heavy atom. The normalized spacial score (nSPS) is 13.7. The first-order valence-electron chi connectivity index (χ1n) is 6.28. The van der Waals surface area contributed by atoms with E-state index in [0.717, 1.165) is 18.5 Å². The van der Waals surface area contributed by atoms with Crippen molar-refractivity contribution in [3.8, 4) is 0 Å². The Morgan fingerprint density at radius 3 is 2.82 bits per heavy atom. The molecule has 1 aromatic rings. The van der Waals surface area contributed by atoms with Gasteiger partial charge in [0.15, 0.2) is 0 Å². The van der Waals surface area contributed by atoms with Gasteiger partial charge in [-0.2, -0.15) is 0 Å². The summed E-state index contributed by atoms with van der Waals surface area (Å²) in [4.78, 5) is 7.22. The molecule has 0 amide bonds. The zero-order valence-corrected chi connectivity index (χ0v) is 10.7. The maximum atomic E-state index is 4.07. The first-order chi connectivity index (χ1) is 8.31. The van der Waals surface area contributed by atoms with Crippen LogP contribution >= 0.6 is 0 Å². The van der Waals surface area contributed by atoms with Crippen molar-refractivity contribution in [1.82, 2.24) is 9.97 Å². The average molecular weight is 230 g/mol. The molecule has 2 unspecified atom stereocenters. The molecular weight excluding hydrogens is 208 g/mol. The van der Waals surface area contributed by atoms with Crippen molar-refractivity contribution >= 4 is 0 Å². The van der Waals surface area contributed by atoms with Crippen molar-refractivity contribution < 1.29 is 0 Å². The number of allylic oxidation sites excluding steroid dienone is 2. The van der Waals surface area contributed by atoms with E-state index >= 15 is 0 Å². The van der Waals surface area contributed by atoms with Crippen LogP contribution in [0.3, 0.4) is 0 Å². The van der Waals surface area contributed by atoms with Crippen LogP contribution in [0.4, 0.5) is 0 Å². The van der Waals surface area contributed by atoms with E-state index in [2.05, 4.69) is 41.9 Å². The highest BCUT2D eigenvalue weighted by atomic mass is 14.9. The summed E-state index contributed by atoms with van der Waals surface area (Å²) in [7, 11) is 0. The van der Waals surface area contributed by atoms with Crippen LogP contribution in [0.15, 0.2) is 43.6 Å². The molecule has 2 heteroatoms. The first kappa shape index (κ1) is 13.5. The Hall–Kier alpha value is -1.53. The van der Waals surface area contributed by atoms with Gasteiger partial charge in [-0.15, -0.1) is 12.3 Å². The number of imidazole rings is 1. The van der Waals surface area contributed by atoms with E-state index in [1.165, 1.54) is 12.8 Å². The van der Waals surface area contributed by atoms with Gasteiger partial charge in [-0.1, -0.05) is 26.0 Å². The number of aromatic nitrogens is 2. The Kier molecular flexibility index (Phi) is 6.13. The lowest BCUT2D eigenvalue weighted by molar-refractivity contribution is 0.500. The van der Waals surface area contributed by atoms with Crippen LogP contribution in [0, 0.1) is 5.92 Å². The Labute approximate surface area is 104 Å². The van der Waals surface area contributed by atoms with Gasteiger partial charge in [0.25, 0.3) is 0 Å². The Balaban J connectivity index is 2.56. The third kappa shape index (κ3) is 4.46. The largest absolute Gasteiger partial charge is 0.348 e. The van der Waals surface area contributed by atoms with E-state index in [4.69, 9.17) is 0 Å². The molecule has 0 spiro atoms. The molecule has 0 aromatic carbocycles. The molecule has 0 aliphatic carbocycles. The molecule has 0 fully saturated rings. The van der Waals surface area contributed by atoms with Gasteiger partial charge >= 0.3 is 0 Å². The Bertz CT molecular complexity index is 358. The minimum absolute atomic E-state index is 0.342. The molecule has 0 radical (unpaired) electrons. The van der Waals surface area contributed by atoms with Gasteiger partial charge in [0.1, 0.15) is 0 Å². The van der Waals surface area contributed by atoms with E-state index in [0.29, 0.717) is 11.8 Å². The maximum absolute atomic E-state index is 4.07. The number of hydrogen-bond acceptors (Lipinski definition) is 1. The molecule has 0 saturated carbocycles. The fourth-order valence-electron chi connectivity index (χ4n) is 2.08. The summed E-state index contributed by atoms with van der Waals surface area (Å²) in [6.45, 7) is 9.78. The number of nitrogens with one attached hydrogen (secondary N) is 1. The standard InChI is InChI=1S/C15H22N2/c1-4-7-13(6-3)9-10-14(8-5-2)15-11-16-12-17-15/h6,8,11-14H,2-4,7,9-10H2,1H3,(H,16,17). The van der Waals surface area contributed by atoms with Crippen molar-refractivity contribution in [1.29, 1.82) is 0 Å². The minimum atomic E-state index is 0.342. The van der Waals surface area contributed by atoms with Crippen molar-refractivity contribution in [3.63, 3.8) is 0 Å². The van der Waals surface area contributed by atoms with E-state index in [-0.39, 0.29) is 0 Å². The van der Waals surface area contributed by atoms with Gasteiger partial charge in [-0.3, -0.25) is 0 Å². The van der Waals surface area contributed by atoms with Crippen molar-refractivity contribution in [2.45, 2.75) is 38.5 Å². The summed E-state index contributed by atoms with van der Waals surface area (Å²) >= 11 is 0. The molecule has 1 aromatic heterocycles. The topological polar surface area (TPSA) is 28.7 Å². The smallest absolute Gasteiger partial charge is 0.0921 e. The molecule has 0 aliphatic heterocycles. The molecule has 1 N–H and O–H groups in total. The van der Waals surface area contributed by atoms with Gasteiger partial charge in [0.05, 0.1) is 6.33 Å². The number of nitrogens with zero attached hydrogens (tertiary/aromatic N) is 1. The fraction of sp³-hybridized carbons (Fsp3) is 0.467. The van der Waals surface area contributed by atoms with Crippen LogP contribution in [-0.2, 0) is 0 Å². The van der Waals surface area contributed by atoms with Crippen molar-refractivity contribution in [2.75, 3.05) is 0 Å². The molecule has 92 valence electrons. The fourth-order valence-corrected chi connectivity index (χ4v) is 2.08. The molecule has 0 saturated heterocycles.